The van der Waals surface area contributed by atoms with E-state index in [9.17, 15) is 5.11 Å². The largest absolute Gasteiger partial charge is 0.393 e. The normalized spacial score (nSPS) is 48.8. The second-order valence-corrected chi connectivity index (χ2v) is 6.47. The van der Waals surface area contributed by atoms with Crippen LogP contribution in [-0.4, -0.2) is 29.3 Å². The Morgan fingerprint density at radius 3 is 2.56 bits per heavy atom. The molecule has 3 nitrogen and oxygen atoms in total. The van der Waals surface area contributed by atoms with Crippen LogP contribution < -0.4 is 11.1 Å². The molecule has 6 atom stereocenters. The van der Waals surface area contributed by atoms with Crippen molar-refractivity contribution >= 4 is 0 Å². The van der Waals surface area contributed by atoms with Gasteiger partial charge in [-0.1, -0.05) is 12.2 Å². The van der Waals surface area contributed by atoms with E-state index in [1.807, 2.05) is 0 Å². The molecule has 0 aromatic heterocycles. The van der Waals surface area contributed by atoms with Gasteiger partial charge in [0.15, 0.2) is 0 Å². The van der Waals surface area contributed by atoms with Crippen LogP contribution in [0.15, 0.2) is 12.2 Å². The van der Waals surface area contributed by atoms with Gasteiger partial charge in [-0.25, -0.2) is 0 Å². The van der Waals surface area contributed by atoms with Gasteiger partial charge in [-0.15, -0.1) is 0 Å². The number of nitrogens with one attached hydrogen (secondary N) is 1. The summed E-state index contributed by atoms with van der Waals surface area (Å²) in [7, 11) is 0. The summed E-state index contributed by atoms with van der Waals surface area (Å²) in [6, 6.07) is 1.57. The molecule has 2 fully saturated rings. The molecule has 1 heterocycles. The third-order valence-electron chi connectivity index (χ3n) is 5.19. The van der Waals surface area contributed by atoms with Crippen LogP contribution in [0.25, 0.3) is 0 Å². The quantitative estimate of drug-likeness (QED) is 0.619. The first kappa shape index (κ1) is 12.6. The second-order valence-electron chi connectivity index (χ2n) is 6.47. The molecular weight excluding hydrogens is 224 g/mol. The predicted molar refractivity (Wildman–Crippen MR) is 73.1 cm³/mol. The van der Waals surface area contributed by atoms with Crippen LogP contribution >= 0.6 is 0 Å². The van der Waals surface area contributed by atoms with Gasteiger partial charge in [0.2, 0.25) is 0 Å². The van der Waals surface area contributed by atoms with E-state index in [0.29, 0.717) is 23.9 Å². The van der Waals surface area contributed by atoms with Gasteiger partial charge in [0, 0.05) is 18.1 Å². The number of aliphatic hydroxyl groups is 1. The van der Waals surface area contributed by atoms with E-state index >= 15 is 0 Å². The zero-order valence-corrected chi connectivity index (χ0v) is 11.1. The number of aliphatic hydroxyl groups excluding tert-OH is 1. The van der Waals surface area contributed by atoms with E-state index in [1.165, 1.54) is 19.3 Å². The van der Waals surface area contributed by atoms with E-state index in [1.54, 1.807) is 0 Å². The average molecular weight is 250 g/mol. The summed E-state index contributed by atoms with van der Waals surface area (Å²) >= 11 is 0. The van der Waals surface area contributed by atoms with Crippen LogP contribution in [-0.2, 0) is 0 Å². The van der Waals surface area contributed by atoms with Crippen molar-refractivity contribution in [1.82, 2.24) is 5.32 Å². The molecule has 0 amide bonds. The lowest BCUT2D eigenvalue weighted by Gasteiger charge is -2.44. The van der Waals surface area contributed by atoms with Crippen molar-refractivity contribution in [3.8, 4) is 0 Å². The highest BCUT2D eigenvalue weighted by Gasteiger charge is 2.36. The molecule has 0 bridgehead atoms. The van der Waals surface area contributed by atoms with E-state index in [4.69, 9.17) is 5.73 Å². The Morgan fingerprint density at radius 1 is 0.944 bits per heavy atom. The van der Waals surface area contributed by atoms with Crippen molar-refractivity contribution in [2.24, 2.45) is 17.6 Å². The first-order valence-electron chi connectivity index (χ1n) is 7.60. The molecular formula is C15H26N2O. The summed E-state index contributed by atoms with van der Waals surface area (Å²) in [5.41, 5.74) is 5.91. The molecule has 0 spiro atoms. The van der Waals surface area contributed by atoms with Crippen molar-refractivity contribution in [3.63, 3.8) is 0 Å². The molecule has 1 aliphatic heterocycles. The first-order valence-corrected chi connectivity index (χ1v) is 7.60. The summed E-state index contributed by atoms with van der Waals surface area (Å²) < 4.78 is 0. The van der Waals surface area contributed by atoms with Crippen LogP contribution in [0.4, 0.5) is 0 Å². The van der Waals surface area contributed by atoms with E-state index in [0.717, 1.165) is 25.7 Å². The Hall–Kier alpha value is -0.380. The zero-order chi connectivity index (χ0) is 12.5. The minimum absolute atomic E-state index is 0.0443. The molecule has 3 rings (SSSR count). The van der Waals surface area contributed by atoms with Crippen molar-refractivity contribution in [2.75, 3.05) is 0 Å². The fraction of sp³-hybridized carbons (Fsp3) is 0.867. The molecule has 1 saturated carbocycles. The third kappa shape index (κ3) is 2.63. The fourth-order valence-corrected chi connectivity index (χ4v) is 4.07. The monoisotopic (exact) mass is 250 g/mol. The molecule has 3 aliphatic rings. The number of hydrogen-bond acceptors (Lipinski definition) is 3. The van der Waals surface area contributed by atoms with Gasteiger partial charge in [0.1, 0.15) is 0 Å². The topological polar surface area (TPSA) is 58.3 Å². The van der Waals surface area contributed by atoms with Crippen LogP contribution in [0.5, 0.6) is 0 Å². The Kier molecular flexibility index (Phi) is 3.73. The van der Waals surface area contributed by atoms with Gasteiger partial charge in [0.25, 0.3) is 0 Å². The highest BCUT2D eigenvalue weighted by molar-refractivity contribution is 5.06. The molecule has 1 saturated heterocycles. The standard InChI is InChI=1S/C15H26N2O/c16-12-4-1-10(2-5-12)14-7-3-11-9-13(18)6-8-15(11)17-14/h1,4,10-15,17-18H,2-3,5-9,16H2. The maximum Gasteiger partial charge on any atom is 0.0544 e. The highest BCUT2D eigenvalue weighted by atomic mass is 16.3. The van der Waals surface area contributed by atoms with Crippen LogP contribution in [0.3, 0.4) is 0 Å². The van der Waals surface area contributed by atoms with Gasteiger partial charge >= 0.3 is 0 Å². The molecule has 3 heteroatoms. The van der Waals surface area contributed by atoms with Crippen LogP contribution in [0, 0.1) is 11.8 Å². The van der Waals surface area contributed by atoms with Crippen LogP contribution in [0.1, 0.15) is 44.9 Å². The lowest BCUT2D eigenvalue weighted by Crippen LogP contribution is -2.53. The lowest BCUT2D eigenvalue weighted by molar-refractivity contribution is 0.0531. The molecule has 0 aromatic rings. The van der Waals surface area contributed by atoms with Gasteiger partial charge in [-0.05, 0) is 56.8 Å². The summed E-state index contributed by atoms with van der Waals surface area (Å²) in [6.07, 6.45) is 12.5. The number of nitrogens with two attached hydrogens (primary N) is 1. The molecule has 18 heavy (non-hydrogen) atoms. The Morgan fingerprint density at radius 2 is 1.78 bits per heavy atom. The second kappa shape index (κ2) is 5.32. The van der Waals surface area contributed by atoms with Crippen molar-refractivity contribution in [2.45, 2.75) is 69.2 Å². The molecule has 6 unspecified atom stereocenters. The van der Waals surface area contributed by atoms with Gasteiger partial charge in [-0.2, -0.15) is 0 Å². The fourth-order valence-electron chi connectivity index (χ4n) is 4.07. The Bertz CT molecular complexity index is 318. The van der Waals surface area contributed by atoms with Crippen LogP contribution in [0.2, 0.25) is 0 Å². The summed E-state index contributed by atoms with van der Waals surface area (Å²) in [5, 5.41) is 13.6. The Balaban J connectivity index is 1.59. The van der Waals surface area contributed by atoms with E-state index in [2.05, 4.69) is 17.5 Å². The zero-order valence-electron chi connectivity index (χ0n) is 11.1. The van der Waals surface area contributed by atoms with Gasteiger partial charge < -0.3 is 16.2 Å². The molecule has 102 valence electrons. The Labute approximate surface area is 110 Å². The lowest BCUT2D eigenvalue weighted by atomic mass is 9.73. The maximum absolute atomic E-state index is 9.74. The van der Waals surface area contributed by atoms with E-state index < -0.39 is 0 Å². The minimum Gasteiger partial charge on any atom is -0.393 e. The molecule has 0 radical (unpaired) electrons. The van der Waals surface area contributed by atoms with Gasteiger partial charge in [0.05, 0.1) is 6.10 Å². The predicted octanol–water partition coefficient (Wildman–Crippen LogP) is 1.56. The first-order chi connectivity index (χ1) is 8.72. The SMILES string of the molecule is NC1C=CC(C2CCC3CC(O)CCC3N2)CC1. The highest BCUT2D eigenvalue weighted by Crippen LogP contribution is 2.35. The van der Waals surface area contributed by atoms with E-state index in [-0.39, 0.29) is 12.1 Å². The van der Waals surface area contributed by atoms with Gasteiger partial charge in [-0.3, -0.25) is 0 Å². The number of piperidine rings is 1. The van der Waals surface area contributed by atoms with Crippen molar-refractivity contribution in [1.29, 1.82) is 0 Å². The third-order valence-corrected chi connectivity index (χ3v) is 5.19. The number of fused-ring (bicyclic) bond motifs is 1. The summed E-state index contributed by atoms with van der Waals surface area (Å²) in [4.78, 5) is 0. The molecule has 2 aliphatic carbocycles. The number of rotatable bonds is 1. The summed E-state index contributed by atoms with van der Waals surface area (Å²) in [6.45, 7) is 0. The summed E-state index contributed by atoms with van der Waals surface area (Å²) in [5.74, 6) is 1.39. The minimum atomic E-state index is -0.0443. The number of hydrogen-bond donors (Lipinski definition) is 3. The van der Waals surface area contributed by atoms with Crippen molar-refractivity contribution in [3.05, 3.63) is 12.2 Å². The smallest absolute Gasteiger partial charge is 0.0544 e. The average Bonchev–Trinajstić information content (AvgIpc) is 2.39. The maximum atomic E-state index is 9.74. The molecule has 4 N–H and O–H groups in total. The van der Waals surface area contributed by atoms with Crippen molar-refractivity contribution < 1.29 is 5.11 Å². The molecule has 0 aromatic carbocycles.